The second-order valence-electron chi connectivity index (χ2n) is 7.96. The molecule has 1 aliphatic rings. The number of benzene rings is 1. The number of amides is 1. The lowest BCUT2D eigenvalue weighted by Crippen LogP contribution is -2.31. The summed E-state index contributed by atoms with van der Waals surface area (Å²) in [5.41, 5.74) is 1.15. The molecule has 2 rings (SSSR count). The molecule has 0 spiro atoms. The van der Waals surface area contributed by atoms with E-state index in [2.05, 4.69) is 5.32 Å². The highest BCUT2D eigenvalue weighted by Crippen LogP contribution is 2.30. The lowest BCUT2D eigenvalue weighted by atomic mass is 9.81. The minimum atomic E-state index is -3.31. The van der Waals surface area contributed by atoms with Gasteiger partial charge in [0.05, 0.1) is 16.4 Å². The minimum absolute atomic E-state index is 0.0925. The molecule has 0 bridgehead atoms. The van der Waals surface area contributed by atoms with Crippen LogP contribution in [0, 0.1) is 11.8 Å². The van der Waals surface area contributed by atoms with E-state index < -0.39 is 26.5 Å². The molecule has 26 heavy (non-hydrogen) atoms. The van der Waals surface area contributed by atoms with Crippen molar-refractivity contribution < 1.29 is 23.1 Å². The summed E-state index contributed by atoms with van der Waals surface area (Å²) in [5, 5.41) is 12.0. The number of carbonyl (C=O) groups is 2. The smallest absolute Gasteiger partial charge is 0.306 e. The van der Waals surface area contributed by atoms with Crippen LogP contribution in [0.2, 0.25) is 0 Å². The van der Waals surface area contributed by atoms with Gasteiger partial charge in [-0.3, -0.25) is 9.59 Å². The molecule has 7 heteroatoms. The zero-order valence-electron chi connectivity index (χ0n) is 15.5. The Kier molecular flexibility index (Phi) is 6.11. The number of nitrogens with one attached hydrogen (secondary N) is 1. The van der Waals surface area contributed by atoms with Crippen molar-refractivity contribution in [2.45, 2.75) is 57.0 Å². The van der Waals surface area contributed by atoms with Gasteiger partial charge in [0.1, 0.15) is 0 Å². The van der Waals surface area contributed by atoms with E-state index in [0.717, 1.165) is 6.42 Å². The van der Waals surface area contributed by atoms with Crippen molar-refractivity contribution >= 4 is 27.4 Å². The summed E-state index contributed by atoms with van der Waals surface area (Å²) < 4.78 is 23.9. The number of sulfone groups is 1. The number of rotatable bonds is 5. The van der Waals surface area contributed by atoms with Crippen molar-refractivity contribution in [3.05, 3.63) is 29.8 Å². The average Bonchev–Trinajstić information content (AvgIpc) is 2.53. The van der Waals surface area contributed by atoms with Crippen LogP contribution in [0.15, 0.2) is 24.3 Å². The topological polar surface area (TPSA) is 101 Å². The molecule has 0 aromatic heterocycles. The van der Waals surface area contributed by atoms with Crippen molar-refractivity contribution in [2.24, 2.45) is 11.8 Å². The number of aliphatic carboxylic acids is 1. The summed E-state index contributed by atoms with van der Waals surface area (Å²) in [4.78, 5) is 23.6. The van der Waals surface area contributed by atoms with Gasteiger partial charge in [-0.25, -0.2) is 8.42 Å². The Hall–Kier alpha value is -1.89. The van der Waals surface area contributed by atoms with Gasteiger partial charge in [-0.1, -0.05) is 18.6 Å². The SMILES string of the molecule is CC(C)(C)S(=O)(=O)Cc1cccc(NC(=O)C2CCCC(C(=O)O)C2)c1. The molecule has 1 saturated carbocycles. The van der Waals surface area contributed by atoms with Gasteiger partial charge in [0.15, 0.2) is 9.84 Å². The fourth-order valence-corrected chi connectivity index (χ4v) is 4.12. The summed E-state index contributed by atoms with van der Waals surface area (Å²) in [5.74, 6) is -1.94. The first-order chi connectivity index (χ1) is 12.0. The maximum Gasteiger partial charge on any atom is 0.306 e. The third kappa shape index (κ3) is 5.06. The lowest BCUT2D eigenvalue weighted by molar-refractivity contribution is -0.143. The Morgan fingerprint density at radius 3 is 2.46 bits per heavy atom. The molecule has 2 N–H and O–H groups in total. The van der Waals surface area contributed by atoms with Crippen LogP contribution in [0.4, 0.5) is 5.69 Å². The van der Waals surface area contributed by atoms with E-state index >= 15 is 0 Å². The predicted molar refractivity (Wildman–Crippen MR) is 101 cm³/mol. The first-order valence-electron chi connectivity index (χ1n) is 8.84. The highest BCUT2D eigenvalue weighted by atomic mass is 32.2. The number of hydrogen-bond donors (Lipinski definition) is 2. The van der Waals surface area contributed by atoms with E-state index in [1.807, 2.05) is 0 Å². The Morgan fingerprint density at radius 1 is 1.19 bits per heavy atom. The molecule has 0 heterocycles. The number of carboxylic acid groups (broad SMARTS) is 1. The Labute approximate surface area is 154 Å². The summed E-state index contributed by atoms with van der Waals surface area (Å²) in [6.07, 6.45) is 2.35. The molecule has 0 saturated heterocycles. The highest BCUT2D eigenvalue weighted by molar-refractivity contribution is 7.91. The molecule has 0 aliphatic heterocycles. The van der Waals surface area contributed by atoms with Crippen LogP contribution >= 0.6 is 0 Å². The van der Waals surface area contributed by atoms with Crippen LogP contribution in [-0.2, 0) is 25.2 Å². The minimum Gasteiger partial charge on any atom is -0.481 e. The fourth-order valence-electron chi connectivity index (χ4n) is 3.07. The van der Waals surface area contributed by atoms with Crippen molar-refractivity contribution in [1.82, 2.24) is 0 Å². The number of hydrogen-bond acceptors (Lipinski definition) is 4. The van der Waals surface area contributed by atoms with Crippen LogP contribution in [0.5, 0.6) is 0 Å². The van der Waals surface area contributed by atoms with Crippen LogP contribution in [-0.4, -0.2) is 30.1 Å². The fraction of sp³-hybridized carbons (Fsp3) is 0.579. The molecule has 1 aliphatic carbocycles. The molecule has 0 radical (unpaired) electrons. The van der Waals surface area contributed by atoms with Crippen molar-refractivity contribution in [2.75, 3.05) is 5.32 Å². The first kappa shape index (κ1) is 20.4. The molecule has 6 nitrogen and oxygen atoms in total. The van der Waals surface area contributed by atoms with Gasteiger partial charge >= 0.3 is 5.97 Å². The average molecular weight is 381 g/mol. The normalized spacial score (nSPS) is 21.2. The molecule has 1 amide bonds. The third-order valence-electron chi connectivity index (χ3n) is 4.88. The van der Waals surface area contributed by atoms with Gasteiger partial charge in [-0.05, 0) is 57.7 Å². The van der Waals surface area contributed by atoms with Gasteiger partial charge in [0.25, 0.3) is 0 Å². The molecule has 1 aromatic carbocycles. The van der Waals surface area contributed by atoms with Gasteiger partial charge in [0.2, 0.25) is 5.91 Å². The van der Waals surface area contributed by atoms with Gasteiger partial charge < -0.3 is 10.4 Å². The standard InChI is InChI=1S/C19H27NO5S/c1-19(2,3)26(24,25)12-13-6-4-9-16(10-13)20-17(21)14-7-5-8-15(11-14)18(22)23/h4,6,9-10,14-15H,5,7-8,11-12H2,1-3H3,(H,20,21)(H,22,23). The molecule has 144 valence electrons. The van der Waals surface area contributed by atoms with Crippen molar-refractivity contribution in [1.29, 1.82) is 0 Å². The van der Waals surface area contributed by atoms with E-state index in [1.54, 1.807) is 45.0 Å². The van der Waals surface area contributed by atoms with E-state index in [9.17, 15) is 18.0 Å². The Morgan fingerprint density at radius 2 is 1.85 bits per heavy atom. The van der Waals surface area contributed by atoms with Gasteiger partial charge in [-0.2, -0.15) is 0 Å². The first-order valence-corrected chi connectivity index (χ1v) is 10.5. The maximum absolute atomic E-state index is 12.5. The van der Waals surface area contributed by atoms with Crippen LogP contribution < -0.4 is 5.32 Å². The summed E-state index contributed by atoms with van der Waals surface area (Å²) >= 11 is 0. The van der Waals surface area contributed by atoms with E-state index in [1.165, 1.54) is 0 Å². The van der Waals surface area contributed by atoms with Crippen LogP contribution in [0.3, 0.4) is 0 Å². The number of anilines is 1. The Bertz CT molecular complexity index is 779. The van der Waals surface area contributed by atoms with Crippen LogP contribution in [0.25, 0.3) is 0 Å². The van der Waals surface area contributed by atoms with Crippen LogP contribution in [0.1, 0.15) is 52.0 Å². The monoisotopic (exact) mass is 381 g/mol. The molecule has 2 unspecified atom stereocenters. The number of carboxylic acids is 1. The summed E-state index contributed by atoms with van der Waals surface area (Å²) in [7, 11) is -3.31. The van der Waals surface area contributed by atoms with Gasteiger partial charge in [0, 0.05) is 11.6 Å². The molecular weight excluding hydrogens is 354 g/mol. The molecule has 1 fully saturated rings. The quantitative estimate of drug-likeness (QED) is 0.815. The second kappa shape index (κ2) is 7.78. The molecule has 2 atom stereocenters. The van der Waals surface area contributed by atoms with E-state index in [0.29, 0.717) is 30.5 Å². The van der Waals surface area contributed by atoms with Crippen molar-refractivity contribution in [3.8, 4) is 0 Å². The van der Waals surface area contributed by atoms with E-state index in [-0.39, 0.29) is 17.6 Å². The van der Waals surface area contributed by atoms with Crippen molar-refractivity contribution in [3.63, 3.8) is 0 Å². The maximum atomic E-state index is 12.5. The lowest BCUT2D eigenvalue weighted by Gasteiger charge is -2.25. The van der Waals surface area contributed by atoms with Gasteiger partial charge in [-0.15, -0.1) is 0 Å². The summed E-state index contributed by atoms with van der Waals surface area (Å²) in [6, 6.07) is 6.81. The molecule has 1 aromatic rings. The van der Waals surface area contributed by atoms with E-state index in [4.69, 9.17) is 5.11 Å². The Balaban J connectivity index is 2.06. The largest absolute Gasteiger partial charge is 0.481 e. The highest BCUT2D eigenvalue weighted by Gasteiger charge is 2.31. The third-order valence-corrected chi connectivity index (χ3v) is 7.46. The second-order valence-corrected chi connectivity index (χ2v) is 10.7. The number of carbonyl (C=O) groups excluding carboxylic acids is 1. The molecular formula is C19H27NO5S. The zero-order valence-corrected chi connectivity index (χ0v) is 16.3. The predicted octanol–water partition coefficient (Wildman–Crippen LogP) is 3.23. The zero-order chi connectivity index (χ0) is 19.5. The summed E-state index contributed by atoms with van der Waals surface area (Å²) in [6.45, 7) is 4.99.